The second-order valence-corrected chi connectivity index (χ2v) is 6.97. The van der Waals surface area contributed by atoms with Crippen LogP contribution in [0, 0.1) is 13.8 Å². The highest BCUT2D eigenvalue weighted by molar-refractivity contribution is 7.18. The molecule has 0 saturated carbocycles. The smallest absolute Gasteiger partial charge is 0.328 e. The van der Waals surface area contributed by atoms with Crippen molar-refractivity contribution in [3.63, 3.8) is 0 Å². The first-order chi connectivity index (χ1) is 12.4. The van der Waals surface area contributed by atoms with Crippen molar-refractivity contribution >= 4 is 39.2 Å². The van der Waals surface area contributed by atoms with Crippen molar-refractivity contribution in [3.8, 4) is 0 Å². The molecule has 136 valence electrons. The van der Waals surface area contributed by atoms with Gasteiger partial charge in [0.05, 0.1) is 11.6 Å². The molecule has 0 bridgehead atoms. The van der Waals surface area contributed by atoms with Crippen LogP contribution < -0.4 is 11.1 Å². The average molecular weight is 374 g/mol. The van der Waals surface area contributed by atoms with E-state index in [1.54, 1.807) is 6.07 Å². The lowest BCUT2D eigenvalue weighted by molar-refractivity contribution is -0.147. The predicted molar refractivity (Wildman–Crippen MR) is 96.7 cm³/mol. The fraction of sp³-hybridized carbons (Fsp3) is 0.294. The molecule has 26 heavy (non-hydrogen) atoms. The van der Waals surface area contributed by atoms with E-state index in [0.29, 0.717) is 11.6 Å². The molecular formula is C17H18N4O4S. The van der Waals surface area contributed by atoms with Crippen LogP contribution in [0.4, 0.5) is 5.82 Å². The summed E-state index contributed by atoms with van der Waals surface area (Å²) in [6.45, 7) is 5.35. The van der Waals surface area contributed by atoms with Crippen molar-refractivity contribution < 1.29 is 18.7 Å². The lowest BCUT2D eigenvalue weighted by atomic mass is 10.2. The van der Waals surface area contributed by atoms with Crippen molar-refractivity contribution in [1.29, 1.82) is 0 Å². The molecule has 3 rings (SSSR count). The molecule has 3 aromatic heterocycles. The highest BCUT2D eigenvalue weighted by Gasteiger charge is 2.20. The molecule has 0 spiro atoms. The summed E-state index contributed by atoms with van der Waals surface area (Å²) >= 11 is 1.52. The third-order valence-electron chi connectivity index (χ3n) is 3.89. The molecule has 3 N–H and O–H groups in total. The summed E-state index contributed by atoms with van der Waals surface area (Å²) in [6.07, 6.45) is 1.38. The van der Waals surface area contributed by atoms with E-state index in [2.05, 4.69) is 15.3 Å². The molecule has 0 unspecified atom stereocenters. The van der Waals surface area contributed by atoms with Gasteiger partial charge in [0.25, 0.3) is 5.91 Å². The van der Waals surface area contributed by atoms with Gasteiger partial charge in [-0.25, -0.2) is 14.8 Å². The molecule has 0 aliphatic carbocycles. The number of aromatic nitrogens is 2. The van der Waals surface area contributed by atoms with Gasteiger partial charge in [0.2, 0.25) is 0 Å². The van der Waals surface area contributed by atoms with Crippen molar-refractivity contribution in [1.82, 2.24) is 15.3 Å². The number of furan rings is 1. The zero-order chi connectivity index (χ0) is 18.8. The molecule has 3 heterocycles. The normalized spacial score (nSPS) is 12.1. The standard InChI is InChI=1S/C17H18N4O4S/c1-8-10(3)26-16-13(8)14(18)20-12(21-16)7-25-17(23)9(2)19-15(22)11-5-4-6-24-11/h4-6,9H,7H2,1-3H3,(H,19,22)(H2,18,20,21)/t9-/m0/s1. The van der Waals surface area contributed by atoms with Gasteiger partial charge < -0.3 is 20.2 Å². The molecule has 0 saturated heterocycles. The maximum absolute atomic E-state index is 12.1. The quantitative estimate of drug-likeness (QED) is 0.658. The number of rotatable bonds is 5. The van der Waals surface area contributed by atoms with E-state index in [9.17, 15) is 9.59 Å². The molecule has 1 atom stereocenters. The number of carbonyl (C=O) groups excluding carboxylic acids is 2. The Kier molecular flexibility index (Phi) is 4.90. The van der Waals surface area contributed by atoms with Crippen LogP contribution in [0.1, 0.15) is 33.7 Å². The number of nitrogens with zero attached hydrogens (tertiary/aromatic N) is 2. The second-order valence-electron chi connectivity index (χ2n) is 5.77. The summed E-state index contributed by atoms with van der Waals surface area (Å²) in [5.74, 6) is -0.303. The Bertz CT molecular complexity index is 965. The molecule has 0 aliphatic heterocycles. The van der Waals surface area contributed by atoms with Crippen LogP contribution in [0.5, 0.6) is 0 Å². The number of anilines is 1. The van der Waals surface area contributed by atoms with Gasteiger partial charge in [-0.15, -0.1) is 11.3 Å². The summed E-state index contributed by atoms with van der Waals surface area (Å²) in [4.78, 5) is 34.4. The number of hydrogen-bond donors (Lipinski definition) is 2. The Labute approximate surface area is 153 Å². The Morgan fingerprint density at radius 3 is 2.85 bits per heavy atom. The highest BCUT2D eigenvalue weighted by Crippen LogP contribution is 2.31. The van der Waals surface area contributed by atoms with E-state index in [-0.39, 0.29) is 12.4 Å². The van der Waals surface area contributed by atoms with E-state index in [1.165, 1.54) is 30.6 Å². The van der Waals surface area contributed by atoms with Crippen molar-refractivity contribution in [2.75, 3.05) is 5.73 Å². The Balaban J connectivity index is 1.64. The molecule has 0 aliphatic rings. The number of carbonyl (C=O) groups is 2. The maximum atomic E-state index is 12.1. The van der Waals surface area contributed by atoms with Crippen molar-refractivity contribution in [2.24, 2.45) is 0 Å². The van der Waals surface area contributed by atoms with E-state index in [4.69, 9.17) is 14.9 Å². The summed E-state index contributed by atoms with van der Waals surface area (Å²) in [5, 5.41) is 3.33. The molecular weight excluding hydrogens is 356 g/mol. The summed E-state index contributed by atoms with van der Waals surface area (Å²) in [5.41, 5.74) is 7.06. The van der Waals surface area contributed by atoms with Crippen molar-refractivity contribution in [3.05, 3.63) is 40.4 Å². The summed E-state index contributed by atoms with van der Waals surface area (Å²) in [6, 6.07) is 2.24. The van der Waals surface area contributed by atoms with Gasteiger partial charge in [0.15, 0.2) is 18.2 Å². The number of nitrogens with one attached hydrogen (secondary N) is 1. The minimum absolute atomic E-state index is 0.120. The molecule has 1 amide bonds. The lowest BCUT2D eigenvalue weighted by Crippen LogP contribution is -2.39. The summed E-state index contributed by atoms with van der Waals surface area (Å²) in [7, 11) is 0. The van der Waals surface area contributed by atoms with Crippen molar-refractivity contribution in [2.45, 2.75) is 33.4 Å². The minimum Gasteiger partial charge on any atom is -0.459 e. The fourth-order valence-electron chi connectivity index (χ4n) is 2.39. The average Bonchev–Trinajstić information content (AvgIpc) is 3.22. The van der Waals surface area contributed by atoms with Crippen LogP contribution >= 0.6 is 11.3 Å². The SMILES string of the molecule is Cc1sc2nc(COC(=O)[C@H](C)NC(=O)c3ccco3)nc(N)c2c1C. The topological polar surface area (TPSA) is 120 Å². The van der Waals surface area contributed by atoms with Gasteiger partial charge in [-0.2, -0.15) is 0 Å². The number of fused-ring (bicyclic) bond motifs is 1. The molecule has 8 nitrogen and oxygen atoms in total. The Morgan fingerprint density at radius 2 is 2.15 bits per heavy atom. The van der Waals surface area contributed by atoms with Crippen LogP contribution in [-0.4, -0.2) is 27.9 Å². The third kappa shape index (κ3) is 3.52. The number of aryl methyl sites for hydroxylation is 2. The number of thiophene rings is 1. The molecule has 3 aromatic rings. The maximum Gasteiger partial charge on any atom is 0.328 e. The van der Waals surface area contributed by atoms with E-state index in [1.807, 2.05) is 13.8 Å². The fourth-order valence-corrected chi connectivity index (χ4v) is 3.44. The van der Waals surface area contributed by atoms with Crippen LogP contribution in [0.3, 0.4) is 0 Å². The first-order valence-corrected chi connectivity index (χ1v) is 8.71. The summed E-state index contributed by atoms with van der Waals surface area (Å²) < 4.78 is 10.2. The molecule has 0 aromatic carbocycles. The van der Waals surface area contributed by atoms with Gasteiger partial charge in [-0.05, 0) is 38.5 Å². The number of hydrogen-bond acceptors (Lipinski definition) is 8. The van der Waals surface area contributed by atoms with Gasteiger partial charge >= 0.3 is 5.97 Å². The number of nitrogen functional groups attached to an aromatic ring is 1. The minimum atomic E-state index is -0.847. The van der Waals surface area contributed by atoms with Crippen LogP contribution in [0.15, 0.2) is 22.8 Å². The van der Waals surface area contributed by atoms with Gasteiger partial charge in [0, 0.05) is 4.88 Å². The Hall–Kier alpha value is -2.94. The third-order valence-corrected chi connectivity index (χ3v) is 4.99. The van der Waals surface area contributed by atoms with Crippen LogP contribution in [-0.2, 0) is 16.1 Å². The first-order valence-electron chi connectivity index (χ1n) is 7.90. The number of amides is 1. The van der Waals surface area contributed by atoms with Crippen LogP contribution in [0.25, 0.3) is 10.2 Å². The highest BCUT2D eigenvalue weighted by atomic mass is 32.1. The van der Waals surface area contributed by atoms with Crippen LogP contribution in [0.2, 0.25) is 0 Å². The van der Waals surface area contributed by atoms with E-state index in [0.717, 1.165) is 20.7 Å². The second kappa shape index (κ2) is 7.12. The van der Waals surface area contributed by atoms with Gasteiger partial charge in [-0.1, -0.05) is 0 Å². The predicted octanol–water partition coefficient (Wildman–Crippen LogP) is 2.35. The number of ether oxygens (including phenoxy) is 1. The van der Waals surface area contributed by atoms with Gasteiger partial charge in [-0.3, -0.25) is 4.79 Å². The van der Waals surface area contributed by atoms with E-state index < -0.39 is 17.9 Å². The molecule has 0 fully saturated rings. The largest absolute Gasteiger partial charge is 0.459 e. The monoisotopic (exact) mass is 374 g/mol. The molecule has 0 radical (unpaired) electrons. The lowest BCUT2D eigenvalue weighted by Gasteiger charge is -2.12. The number of nitrogens with two attached hydrogens (primary N) is 1. The molecule has 9 heteroatoms. The van der Waals surface area contributed by atoms with E-state index >= 15 is 0 Å². The first kappa shape index (κ1) is 17.9. The van der Waals surface area contributed by atoms with Gasteiger partial charge in [0.1, 0.15) is 16.7 Å². The zero-order valence-electron chi connectivity index (χ0n) is 14.5. The number of esters is 1. The Morgan fingerprint density at radius 1 is 1.38 bits per heavy atom. The zero-order valence-corrected chi connectivity index (χ0v) is 15.3.